The molecule has 0 bridgehead atoms. The zero-order valence-electron chi connectivity index (χ0n) is 9.02. The van der Waals surface area contributed by atoms with E-state index in [4.69, 9.17) is 11.6 Å². The van der Waals surface area contributed by atoms with Gasteiger partial charge in [0.25, 0.3) is 0 Å². The van der Waals surface area contributed by atoms with Crippen molar-refractivity contribution in [1.82, 2.24) is 14.5 Å². The van der Waals surface area contributed by atoms with Crippen LogP contribution in [-0.2, 0) is 6.54 Å². The van der Waals surface area contributed by atoms with Gasteiger partial charge in [-0.05, 0) is 19.1 Å². The number of aromatic nitrogens is 3. The van der Waals surface area contributed by atoms with Gasteiger partial charge >= 0.3 is 0 Å². The van der Waals surface area contributed by atoms with Crippen molar-refractivity contribution in [3.63, 3.8) is 0 Å². The zero-order valence-corrected chi connectivity index (χ0v) is 9.78. The number of halogens is 1. The topological polar surface area (TPSA) is 42.7 Å². The fourth-order valence-corrected chi connectivity index (χ4v) is 1.59. The summed E-state index contributed by atoms with van der Waals surface area (Å²) in [6, 6.07) is 3.74. The summed E-state index contributed by atoms with van der Waals surface area (Å²) in [5.74, 6) is 0.849. The summed E-state index contributed by atoms with van der Waals surface area (Å²) in [5.41, 5.74) is 0.845. The predicted molar refractivity (Wildman–Crippen MR) is 64.7 cm³/mol. The van der Waals surface area contributed by atoms with E-state index in [1.807, 2.05) is 29.8 Å². The lowest BCUT2D eigenvalue weighted by Crippen LogP contribution is -2.04. The monoisotopic (exact) mass is 236 g/mol. The van der Waals surface area contributed by atoms with Gasteiger partial charge < -0.3 is 9.88 Å². The smallest absolute Gasteiger partial charge is 0.126 e. The van der Waals surface area contributed by atoms with Gasteiger partial charge in [0.1, 0.15) is 5.82 Å². The molecule has 0 aliphatic rings. The number of imidazole rings is 1. The molecule has 0 saturated heterocycles. The van der Waals surface area contributed by atoms with E-state index in [-0.39, 0.29) is 0 Å². The SMILES string of the molecule is CCNc1ccc(Cl)c(Cn2ccnc2)n1. The lowest BCUT2D eigenvalue weighted by Gasteiger charge is -2.08. The van der Waals surface area contributed by atoms with Crippen LogP contribution >= 0.6 is 11.6 Å². The van der Waals surface area contributed by atoms with Crippen molar-refractivity contribution in [2.24, 2.45) is 0 Å². The van der Waals surface area contributed by atoms with Crippen LogP contribution in [0.15, 0.2) is 30.9 Å². The van der Waals surface area contributed by atoms with Crippen LogP contribution in [0.5, 0.6) is 0 Å². The molecule has 5 heteroatoms. The van der Waals surface area contributed by atoms with Crippen molar-refractivity contribution in [3.05, 3.63) is 41.6 Å². The number of pyridine rings is 1. The maximum Gasteiger partial charge on any atom is 0.126 e. The van der Waals surface area contributed by atoms with E-state index in [1.165, 1.54) is 0 Å². The molecule has 0 atom stereocenters. The molecule has 0 amide bonds. The third-order valence-corrected chi connectivity index (χ3v) is 2.51. The summed E-state index contributed by atoms with van der Waals surface area (Å²) in [5, 5.41) is 3.84. The molecule has 2 aromatic rings. The van der Waals surface area contributed by atoms with E-state index in [9.17, 15) is 0 Å². The second-order valence-corrected chi connectivity index (χ2v) is 3.80. The first-order chi connectivity index (χ1) is 7.79. The van der Waals surface area contributed by atoms with Crippen LogP contribution in [0, 0.1) is 0 Å². The quantitative estimate of drug-likeness (QED) is 0.887. The van der Waals surface area contributed by atoms with Gasteiger partial charge in [-0.3, -0.25) is 0 Å². The zero-order chi connectivity index (χ0) is 11.4. The Hall–Kier alpha value is -1.55. The average molecular weight is 237 g/mol. The first-order valence-electron chi connectivity index (χ1n) is 5.14. The molecule has 2 heterocycles. The summed E-state index contributed by atoms with van der Waals surface area (Å²) < 4.78 is 1.93. The van der Waals surface area contributed by atoms with Crippen LogP contribution < -0.4 is 5.32 Å². The standard InChI is InChI=1S/C11H13ClN4/c1-2-14-11-4-3-9(12)10(15-11)7-16-6-5-13-8-16/h3-6,8H,2,7H2,1H3,(H,14,15). The van der Waals surface area contributed by atoms with E-state index in [2.05, 4.69) is 15.3 Å². The van der Waals surface area contributed by atoms with Gasteiger partial charge in [0.2, 0.25) is 0 Å². The maximum absolute atomic E-state index is 6.09. The van der Waals surface area contributed by atoms with Crippen LogP contribution in [0.2, 0.25) is 5.02 Å². The number of nitrogens with one attached hydrogen (secondary N) is 1. The fraction of sp³-hybridized carbons (Fsp3) is 0.273. The second kappa shape index (κ2) is 4.99. The van der Waals surface area contributed by atoms with E-state index >= 15 is 0 Å². The Balaban J connectivity index is 2.21. The Labute approximate surface area is 99.3 Å². The highest BCUT2D eigenvalue weighted by Gasteiger charge is 2.04. The second-order valence-electron chi connectivity index (χ2n) is 3.39. The third kappa shape index (κ3) is 2.52. The summed E-state index contributed by atoms with van der Waals surface area (Å²) in [6.45, 7) is 3.52. The molecule has 84 valence electrons. The van der Waals surface area contributed by atoms with Gasteiger partial charge in [-0.1, -0.05) is 11.6 Å². The minimum atomic E-state index is 0.637. The Morgan fingerprint density at radius 3 is 3.00 bits per heavy atom. The minimum Gasteiger partial charge on any atom is -0.370 e. The molecule has 0 radical (unpaired) electrons. The minimum absolute atomic E-state index is 0.637. The average Bonchev–Trinajstić information content (AvgIpc) is 2.76. The molecule has 0 saturated carbocycles. The Bertz CT molecular complexity index is 453. The van der Waals surface area contributed by atoms with Crippen LogP contribution in [0.25, 0.3) is 0 Å². The van der Waals surface area contributed by atoms with Crippen molar-refractivity contribution in [3.8, 4) is 0 Å². The van der Waals surface area contributed by atoms with E-state index in [0.29, 0.717) is 11.6 Å². The number of nitrogens with zero attached hydrogens (tertiary/aromatic N) is 3. The van der Waals surface area contributed by atoms with Gasteiger partial charge in [-0.2, -0.15) is 0 Å². The summed E-state index contributed by atoms with van der Waals surface area (Å²) >= 11 is 6.09. The molecular weight excluding hydrogens is 224 g/mol. The molecule has 4 nitrogen and oxygen atoms in total. The van der Waals surface area contributed by atoms with Gasteiger partial charge in [-0.25, -0.2) is 9.97 Å². The molecule has 0 aliphatic carbocycles. The highest BCUT2D eigenvalue weighted by atomic mass is 35.5. The molecule has 2 rings (SSSR count). The van der Waals surface area contributed by atoms with Crippen molar-refractivity contribution in [1.29, 1.82) is 0 Å². The Morgan fingerprint density at radius 1 is 1.44 bits per heavy atom. The molecular formula is C11H13ClN4. The van der Waals surface area contributed by atoms with Crippen LogP contribution in [0.3, 0.4) is 0 Å². The van der Waals surface area contributed by atoms with Crippen LogP contribution in [0.1, 0.15) is 12.6 Å². The largest absolute Gasteiger partial charge is 0.370 e. The van der Waals surface area contributed by atoms with E-state index < -0.39 is 0 Å². The number of hydrogen-bond acceptors (Lipinski definition) is 3. The lowest BCUT2D eigenvalue weighted by molar-refractivity contribution is 0.774. The van der Waals surface area contributed by atoms with Crippen molar-refractivity contribution < 1.29 is 0 Å². The molecule has 0 fully saturated rings. The van der Waals surface area contributed by atoms with Crippen LogP contribution in [-0.4, -0.2) is 21.1 Å². The molecule has 1 N–H and O–H groups in total. The highest BCUT2D eigenvalue weighted by Crippen LogP contribution is 2.17. The first-order valence-corrected chi connectivity index (χ1v) is 5.52. The van der Waals surface area contributed by atoms with Gasteiger partial charge in [0.05, 0.1) is 23.6 Å². The van der Waals surface area contributed by atoms with Gasteiger partial charge in [-0.15, -0.1) is 0 Å². The van der Waals surface area contributed by atoms with Gasteiger partial charge in [0, 0.05) is 18.9 Å². The van der Waals surface area contributed by atoms with E-state index in [1.54, 1.807) is 12.5 Å². The van der Waals surface area contributed by atoms with Gasteiger partial charge in [0.15, 0.2) is 0 Å². The van der Waals surface area contributed by atoms with Crippen LogP contribution in [0.4, 0.5) is 5.82 Å². The number of hydrogen-bond donors (Lipinski definition) is 1. The summed E-state index contributed by atoms with van der Waals surface area (Å²) in [4.78, 5) is 8.43. The van der Waals surface area contributed by atoms with E-state index in [0.717, 1.165) is 18.1 Å². The van der Waals surface area contributed by atoms with Crippen molar-refractivity contribution in [2.75, 3.05) is 11.9 Å². The lowest BCUT2D eigenvalue weighted by atomic mass is 10.3. The van der Waals surface area contributed by atoms with Crippen molar-refractivity contribution >= 4 is 17.4 Å². The predicted octanol–water partition coefficient (Wildman–Crippen LogP) is 2.41. The first kappa shape index (κ1) is 11.0. The summed E-state index contributed by atoms with van der Waals surface area (Å²) in [7, 11) is 0. The molecule has 0 unspecified atom stereocenters. The molecule has 0 aliphatic heterocycles. The Morgan fingerprint density at radius 2 is 2.31 bits per heavy atom. The highest BCUT2D eigenvalue weighted by molar-refractivity contribution is 6.31. The fourth-order valence-electron chi connectivity index (χ4n) is 1.43. The number of anilines is 1. The van der Waals surface area contributed by atoms with Crippen molar-refractivity contribution in [2.45, 2.75) is 13.5 Å². The molecule has 2 aromatic heterocycles. The summed E-state index contributed by atoms with van der Waals surface area (Å²) in [6.07, 6.45) is 5.37. The maximum atomic E-state index is 6.09. The molecule has 0 spiro atoms. The Kier molecular flexibility index (Phi) is 3.41. The molecule has 0 aromatic carbocycles. The number of rotatable bonds is 4. The molecule has 16 heavy (non-hydrogen) atoms. The third-order valence-electron chi connectivity index (χ3n) is 2.17. The normalized spacial score (nSPS) is 10.4.